The molecule has 1 unspecified atom stereocenters. The summed E-state index contributed by atoms with van der Waals surface area (Å²) in [6.07, 6.45) is 2.06. The molecule has 3 N–H and O–H groups in total. The number of amides is 1. The van der Waals surface area contributed by atoms with Crippen molar-refractivity contribution in [2.75, 3.05) is 26.2 Å². The summed E-state index contributed by atoms with van der Waals surface area (Å²) in [5.74, 6) is 0.252. The zero-order chi connectivity index (χ0) is 14.4. The molecule has 1 aromatic carbocycles. The fraction of sp³-hybridized carbons (Fsp3) is 0.533. The lowest BCUT2D eigenvalue weighted by Crippen LogP contribution is -2.43. The number of benzene rings is 1. The lowest BCUT2D eigenvalue weighted by Gasteiger charge is -2.32. The lowest BCUT2D eigenvalue weighted by atomic mass is 9.96. The van der Waals surface area contributed by atoms with Gasteiger partial charge in [0.1, 0.15) is 0 Å². The second-order valence-corrected chi connectivity index (χ2v) is 6.20. The van der Waals surface area contributed by atoms with Gasteiger partial charge >= 0.3 is 0 Å². The molecule has 0 aromatic heterocycles. The van der Waals surface area contributed by atoms with Crippen molar-refractivity contribution in [1.82, 2.24) is 10.2 Å². The molecule has 0 radical (unpaired) electrons. The quantitative estimate of drug-likeness (QED) is 0.858. The van der Waals surface area contributed by atoms with Crippen LogP contribution in [0.15, 0.2) is 28.7 Å². The van der Waals surface area contributed by atoms with Gasteiger partial charge in [-0.1, -0.05) is 28.1 Å². The number of piperidine rings is 1. The molecule has 20 heavy (non-hydrogen) atoms. The molecule has 4 nitrogen and oxygen atoms in total. The van der Waals surface area contributed by atoms with Crippen molar-refractivity contribution in [2.24, 2.45) is 11.7 Å². The Morgan fingerprint density at radius 3 is 2.85 bits per heavy atom. The maximum absolute atomic E-state index is 12.0. The first-order valence-corrected chi connectivity index (χ1v) is 7.93. The van der Waals surface area contributed by atoms with Crippen LogP contribution in [0.1, 0.15) is 18.4 Å². The second kappa shape index (κ2) is 7.76. The molecule has 1 atom stereocenters. The highest BCUT2D eigenvalue weighted by Crippen LogP contribution is 2.19. The van der Waals surface area contributed by atoms with Gasteiger partial charge in [0, 0.05) is 30.7 Å². The summed E-state index contributed by atoms with van der Waals surface area (Å²) in [6.45, 7) is 3.89. The molecule has 1 aliphatic heterocycles. The zero-order valence-corrected chi connectivity index (χ0v) is 13.2. The van der Waals surface area contributed by atoms with E-state index >= 15 is 0 Å². The molecule has 0 saturated carbocycles. The van der Waals surface area contributed by atoms with E-state index in [0.29, 0.717) is 13.1 Å². The monoisotopic (exact) mass is 339 g/mol. The number of hydrogen-bond donors (Lipinski definition) is 2. The van der Waals surface area contributed by atoms with Gasteiger partial charge in [-0.15, -0.1) is 0 Å². The van der Waals surface area contributed by atoms with Crippen molar-refractivity contribution in [3.63, 3.8) is 0 Å². The Labute approximate surface area is 128 Å². The second-order valence-electron chi connectivity index (χ2n) is 5.28. The van der Waals surface area contributed by atoms with Gasteiger partial charge in [0.25, 0.3) is 0 Å². The third-order valence-electron chi connectivity index (χ3n) is 3.64. The molecule has 0 bridgehead atoms. The summed E-state index contributed by atoms with van der Waals surface area (Å²) < 4.78 is 1.10. The third-order valence-corrected chi connectivity index (χ3v) is 4.17. The Bertz CT molecular complexity index is 435. The Hall–Kier alpha value is -0.910. The van der Waals surface area contributed by atoms with Gasteiger partial charge in [-0.2, -0.15) is 0 Å². The Balaban J connectivity index is 1.86. The van der Waals surface area contributed by atoms with Crippen LogP contribution in [-0.4, -0.2) is 37.0 Å². The van der Waals surface area contributed by atoms with E-state index in [2.05, 4.69) is 50.4 Å². The number of carbonyl (C=O) groups excluding carboxylic acids is 1. The molecule has 0 spiro atoms. The van der Waals surface area contributed by atoms with Gasteiger partial charge in [0.05, 0.1) is 5.92 Å². The van der Waals surface area contributed by atoms with Gasteiger partial charge in [-0.3, -0.25) is 9.69 Å². The zero-order valence-electron chi connectivity index (χ0n) is 11.6. The number of halogens is 1. The van der Waals surface area contributed by atoms with Gasteiger partial charge in [0.2, 0.25) is 5.91 Å². The van der Waals surface area contributed by atoms with Gasteiger partial charge < -0.3 is 11.1 Å². The first-order valence-electron chi connectivity index (χ1n) is 7.13. The number of hydrogen-bond acceptors (Lipinski definition) is 3. The Morgan fingerprint density at radius 2 is 2.15 bits per heavy atom. The number of nitrogens with zero attached hydrogens (tertiary/aromatic N) is 1. The fourth-order valence-electron chi connectivity index (χ4n) is 2.60. The summed E-state index contributed by atoms with van der Waals surface area (Å²) in [6, 6.07) is 8.37. The van der Waals surface area contributed by atoms with E-state index in [4.69, 9.17) is 5.73 Å². The minimum absolute atomic E-state index is 0.103. The smallest absolute Gasteiger partial charge is 0.224 e. The van der Waals surface area contributed by atoms with E-state index in [0.717, 1.165) is 36.9 Å². The van der Waals surface area contributed by atoms with Crippen LogP contribution in [0.3, 0.4) is 0 Å². The normalized spacial score (nSPS) is 19.8. The molecule has 1 aliphatic rings. The topological polar surface area (TPSA) is 58.4 Å². The largest absolute Gasteiger partial charge is 0.355 e. The molecule has 1 aromatic rings. The van der Waals surface area contributed by atoms with Crippen LogP contribution in [0.2, 0.25) is 0 Å². The van der Waals surface area contributed by atoms with Gasteiger partial charge in [0.15, 0.2) is 0 Å². The van der Waals surface area contributed by atoms with Crippen molar-refractivity contribution in [1.29, 1.82) is 0 Å². The maximum Gasteiger partial charge on any atom is 0.224 e. The van der Waals surface area contributed by atoms with Crippen LogP contribution >= 0.6 is 15.9 Å². The molecule has 0 aliphatic carbocycles. The average Bonchev–Trinajstić information content (AvgIpc) is 2.47. The van der Waals surface area contributed by atoms with Crippen LogP contribution in [0.4, 0.5) is 0 Å². The summed E-state index contributed by atoms with van der Waals surface area (Å²) >= 11 is 3.45. The van der Waals surface area contributed by atoms with Gasteiger partial charge in [-0.25, -0.2) is 0 Å². The Kier molecular flexibility index (Phi) is 6.01. The first kappa shape index (κ1) is 15.5. The number of nitrogens with one attached hydrogen (secondary N) is 1. The standard InChI is InChI=1S/C15H22BrN3O/c16-14-5-3-12(4-6-14)10-19-9-1-2-13(11-19)15(20)18-8-7-17/h3-6,13H,1-2,7-11,17H2,(H,18,20). The molecule has 1 amide bonds. The molecule has 1 heterocycles. The predicted octanol–water partition coefficient (Wildman–Crippen LogP) is 1.74. The summed E-state index contributed by atoms with van der Waals surface area (Å²) in [5.41, 5.74) is 6.71. The number of likely N-dealkylation sites (tertiary alicyclic amines) is 1. The van der Waals surface area contributed by atoms with Crippen molar-refractivity contribution >= 4 is 21.8 Å². The highest BCUT2D eigenvalue weighted by Gasteiger charge is 2.25. The van der Waals surface area contributed by atoms with Crippen molar-refractivity contribution < 1.29 is 4.79 Å². The third kappa shape index (κ3) is 4.58. The summed E-state index contributed by atoms with van der Waals surface area (Å²) in [4.78, 5) is 14.4. The van der Waals surface area contributed by atoms with Crippen molar-refractivity contribution in [3.8, 4) is 0 Å². The van der Waals surface area contributed by atoms with E-state index in [1.54, 1.807) is 0 Å². The minimum Gasteiger partial charge on any atom is -0.355 e. The molecular weight excluding hydrogens is 318 g/mol. The van der Waals surface area contributed by atoms with Crippen LogP contribution in [0, 0.1) is 5.92 Å². The molecular formula is C15H22BrN3O. The van der Waals surface area contributed by atoms with E-state index in [1.165, 1.54) is 5.56 Å². The molecule has 110 valence electrons. The van der Waals surface area contributed by atoms with Crippen LogP contribution in [0.5, 0.6) is 0 Å². The number of rotatable bonds is 5. The van der Waals surface area contributed by atoms with Crippen molar-refractivity contribution in [3.05, 3.63) is 34.3 Å². The number of carbonyl (C=O) groups is 1. The molecule has 5 heteroatoms. The predicted molar refractivity (Wildman–Crippen MR) is 84.2 cm³/mol. The maximum atomic E-state index is 12.0. The molecule has 1 fully saturated rings. The highest BCUT2D eigenvalue weighted by molar-refractivity contribution is 9.10. The summed E-state index contributed by atoms with van der Waals surface area (Å²) in [5, 5.41) is 2.90. The lowest BCUT2D eigenvalue weighted by molar-refractivity contribution is -0.126. The van der Waals surface area contributed by atoms with Crippen LogP contribution < -0.4 is 11.1 Å². The molecule has 2 rings (SSSR count). The Morgan fingerprint density at radius 1 is 1.40 bits per heavy atom. The van der Waals surface area contributed by atoms with E-state index in [9.17, 15) is 4.79 Å². The molecule has 1 saturated heterocycles. The van der Waals surface area contributed by atoms with Gasteiger partial charge in [-0.05, 0) is 37.1 Å². The number of nitrogens with two attached hydrogens (primary N) is 1. The first-order chi connectivity index (χ1) is 9.69. The van der Waals surface area contributed by atoms with Crippen LogP contribution in [0.25, 0.3) is 0 Å². The SMILES string of the molecule is NCCNC(=O)C1CCCN(Cc2ccc(Br)cc2)C1. The van der Waals surface area contributed by atoms with E-state index in [-0.39, 0.29) is 11.8 Å². The fourth-order valence-corrected chi connectivity index (χ4v) is 2.87. The van der Waals surface area contributed by atoms with E-state index < -0.39 is 0 Å². The highest BCUT2D eigenvalue weighted by atomic mass is 79.9. The summed E-state index contributed by atoms with van der Waals surface area (Å²) in [7, 11) is 0. The minimum atomic E-state index is 0.103. The van der Waals surface area contributed by atoms with Crippen LogP contribution in [-0.2, 0) is 11.3 Å². The van der Waals surface area contributed by atoms with Crippen molar-refractivity contribution in [2.45, 2.75) is 19.4 Å². The van der Waals surface area contributed by atoms with E-state index in [1.807, 2.05) is 0 Å². The average molecular weight is 340 g/mol.